The number of carbonyl (C=O) groups excluding carboxylic acids is 2. The number of nitrogens with two attached hydrogens (primary N) is 1. The van der Waals surface area contributed by atoms with Crippen LogP contribution in [0.1, 0.15) is 58.1 Å². The van der Waals surface area contributed by atoms with Crippen molar-refractivity contribution < 1.29 is 22.7 Å². The zero-order valence-electron chi connectivity index (χ0n) is 23.9. The Balaban J connectivity index is 1.59. The molecule has 0 spiro atoms. The van der Waals surface area contributed by atoms with E-state index in [0.29, 0.717) is 19.5 Å². The number of likely N-dealkylation sites (N-methyl/N-ethyl adjacent to an activating group) is 1. The van der Waals surface area contributed by atoms with Crippen LogP contribution in [0.5, 0.6) is 0 Å². The van der Waals surface area contributed by atoms with Gasteiger partial charge in [0.25, 0.3) is 0 Å². The highest BCUT2D eigenvalue weighted by molar-refractivity contribution is 7.90. The monoisotopic (exact) mass is 557 g/mol. The van der Waals surface area contributed by atoms with Gasteiger partial charge >= 0.3 is 5.97 Å². The first-order chi connectivity index (χ1) is 18.2. The fraction of sp³-hybridized carbons (Fsp3) is 0.533. The van der Waals surface area contributed by atoms with E-state index in [-0.39, 0.29) is 23.3 Å². The van der Waals surface area contributed by atoms with Gasteiger partial charge in [-0.05, 0) is 70.2 Å². The normalized spacial score (nSPS) is 16.9. The van der Waals surface area contributed by atoms with Gasteiger partial charge in [0.1, 0.15) is 11.1 Å². The molecule has 2 aromatic rings. The molecular weight excluding hydrogens is 514 g/mol. The van der Waals surface area contributed by atoms with Crippen LogP contribution < -0.4 is 5.73 Å². The summed E-state index contributed by atoms with van der Waals surface area (Å²) in [6.07, 6.45) is 3.51. The number of sulfone groups is 1. The maximum Gasteiger partial charge on any atom is 0.331 e. The standard InChI is InChI=1S/C30H43N3O5S/c1-6-33(27(34)22-23-12-14-26(15-13-23)39(5,36)37)25-16-19-32(20-17-25)21-18-30(31,24-10-8-7-9-11-24)28(35)38-29(2,3)4/h7-15,25H,6,16-22,31H2,1-5H3. The molecule has 1 saturated heterocycles. The smallest absolute Gasteiger partial charge is 0.331 e. The topological polar surface area (TPSA) is 110 Å². The molecule has 0 aromatic heterocycles. The molecule has 1 unspecified atom stereocenters. The molecule has 1 aliphatic heterocycles. The Kier molecular flexibility index (Phi) is 9.96. The Morgan fingerprint density at radius 1 is 1.03 bits per heavy atom. The van der Waals surface area contributed by atoms with Gasteiger partial charge in [-0.2, -0.15) is 0 Å². The zero-order valence-corrected chi connectivity index (χ0v) is 24.7. The number of amides is 1. The van der Waals surface area contributed by atoms with Crippen LogP contribution in [-0.4, -0.2) is 74.2 Å². The Morgan fingerprint density at radius 2 is 1.62 bits per heavy atom. The largest absolute Gasteiger partial charge is 0.458 e. The Bertz CT molecular complexity index is 1220. The summed E-state index contributed by atoms with van der Waals surface area (Å²) in [5.41, 5.74) is 6.39. The van der Waals surface area contributed by atoms with Crippen LogP contribution >= 0.6 is 0 Å². The second-order valence-electron chi connectivity index (χ2n) is 11.4. The molecule has 0 bridgehead atoms. The van der Waals surface area contributed by atoms with Gasteiger partial charge in [-0.3, -0.25) is 4.79 Å². The molecular formula is C30H43N3O5S. The van der Waals surface area contributed by atoms with E-state index in [1.165, 1.54) is 6.26 Å². The number of piperidine rings is 1. The first kappa shape index (κ1) is 30.8. The third-order valence-electron chi connectivity index (χ3n) is 7.24. The summed E-state index contributed by atoms with van der Waals surface area (Å²) in [5, 5.41) is 0. The van der Waals surface area contributed by atoms with Gasteiger partial charge in [-0.15, -0.1) is 0 Å². The molecule has 9 heteroatoms. The van der Waals surface area contributed by atoms with Crippen molar-refractivity contribution in [3.05, 3.63) is 65.7 Å². The van der Waals surface area contributed by atoms with Crippen LogP contribution in [0, 0.1) is 0 Å². The number of nitrogens with zero attached hydrogens (tertiary/aromatic N) is 2. The lowest BCUT2D eigenvalue weighted by atomic mass is 9.87. The van der Waals surface area contributed by atoms with Crippen LogP contribution in [0.25, 0.3) is 0 Å². The SMILES string of the molecule is CCN(C(=O)Cc1ccc(S(C)(=O)=O)cc1)C1CCN(CCC(N)(C(=O)OC(C)(C)C)c2ccccc2)CC1. The molecule has 1 heterocycles. The number of hydrogen-bond acceptors (Lipinski definition) is 7. The number of likely N-dealkylation sites (tertiary alicyclic amines) is 1. The third kappa shape index (κ3) is 8.37. The fourth-order valence-corrected chi connectivity index (χ4v) is 5.66. The molecule has 3 rings (SSSR count). The highest BCUT2D eigenvalue weighted by Gasteiger charge is 2.40. The van der Waals surface area contributed by atoms with Crippen LogP contribution in [0.4, 0.5) is 0 Å². The van der Waals surface area contributed by atoms with Gasteiger partial charge in [-0.25, -0.2) is 13.2 Å². The minimum Gasteiger partial charge on any atom is -0.458 e. The van der Waals surface area contributed by atoms with Crippen molar-refractivity contribution in [2.75, 3.05) is 32.4 Å². The number of carbonyl (C=O) groups is 2. The van der Waals surface area contributed by atoms with Crippen molar-refractivity contribution in [3.8, 4) is 0 Å². The molecule has 0 radical (unpaired) electrons. The molecule has 8 nitrogen and oxygen atoms in total. The Morgan fingerprint density at radius 3 is 2.13 bits per heavy atom. The van der Waals surface area contributed by atoms with Crippen LogP contribution in [0.2, 0.25) is 0 Å². The maximum absolute atomic E-state index is 13.2. The first-order valence-electron chi connectivity index (χ1n) is 13.6. The molecule has 39 heavy (non-hydrogen) atoms. The molecule has 1 atom stereocenters. The summed E-state index contributed by atoms with van der Waals surface area (Å²) in [6.45, 7) is 10.4. The summed E-state index contributed by atoms with van der Waals surface area (Å²) in [6, 6.07) is 16.1. The molecule has 1 fully saturated rings. The van der Waals surface area contributed by atoms with E-state index in [2.05, 4.69) is 4.90 Å². The van der Waals surface area contributed by atoms with Crippen LogP contribution in [-0.2, 0) is 36.1 Å². The second kappa shape index (κ2) is 12.6. The molecule has 2 aromatic carbocycles. The van der Waals surface area contributed by atoms with Gasteiger partial charge < -0.3 is 20.3 Å². The second-order valence-corrected chi connectivity index (χ2v) is 13.5. The highest BCUT2D eigenvalue weighted by Crippen LogP contribution is 2.28. The van der Waals surface area contributed by atoms with Crippen molar-refractivity contribution in [1.29, 1.82) is 0 Å². The summed E-state index contributed by atoms with van der Waals surface area (Å²) >= 11 is 0. The summed E-state index contributed by atoms with van der Waals surface area (Å²) in [7, 11) is -3.27. The fourth-order valence-electron chi connectivity index (χ4n) is 5.03. The van der Waals surface area contributed by atoms with Gasteiger partial charge in [0, 0.05) is 38.5 Å². The van der Waals surface area contributed by atoms with Gasteiger partial charge in [0.2, 0.25) is 5.91 Å². The predicted molar refractivity (Wildman–Crippen MR) is 153 cm³/mol. The minimum atomic E-state index is -3.27. The average Bonchev–Trinajstić information content (AvgIpc) is 2.87. The van der Waals surface area contributed by atoms with Gasteiger partial charge in [-0.1, -0.05) is 42.5 Å². The maximum atomic E-state index is 13.2. The lowest BCUT2D eigenvalue weighted by Gasteiger charge is -2.39. The quantitative estimate of drug-likeness (QED) is 0.445. The summed E-state index contributed by atoms with van der Waals surface area (Å²) in [4.78, 5) is 30.8. The van der Waals surface area contributed by atoms with Crippen LogP contribution in [0.15, 0.2) is 59.5 Å². The average molecular weight is 558 g/mol. The van der Waals surface area contributed by atoms with E-state index < -0.39 is 26.9 Å². The van der Waals surface area contributed by atoms with E-state index in [4.69, 9.17) is 10.5 Å². The number of esters is 1. The molecule has 2 N–H and O–H groups in total. The van der Waals surface area contributed by atoms with Crippen molar-refractivity contribution in [2.24, 2.45) is 5.73 Å². The molecule has 214 valence electrons. The molecule has 0 saturated carbocycles. The highest BCUT2D eigenvalue weighted by atomic mass is 32.2. The first-order valence-corrected chi connectivity index (χ1v) is 15.5. The minimum absolute atomic E-state index is 0.0398. The van der Waals surface area contributed by atoms with E-state index in [1.54, 1.807) is 24.3 Å². The van der Waals surface area contributed by atoms with Gasteiger partial charge in [0.15, 0.2) is 9.84 Å². The van der Waals surface area contributed by atoms with Crippen molar-refractivity contribution in [1.82, 2.24) is 9.80 Å². The molecule has 0 aliphatic carbocycles. The number of benzene rings is 2. The van der Waals surface area contributed by atoms with E-state index in [9.17, 15) is 18.0 Å². The molecule has 1 amide bonds. The molecule has 1 aliphatic rings. The van der Waals surface area contributed by atoms with Crippen LogP contribution in [0.3, 0.4) is 0 Å². The van der Waals surface area contributed by atoms with Crippen molar-refractivity contribution in [2.45, 2.75) is 75.5 Å². The zero-order chi connectivity index (χ0) is 28.8. The Hall–Kier alpha value is -2.75. The number of hydrogen-bond donors (Lipinski definition) is 1. The van der Waals surface area contributed by atoms with Gasteiger partial charge in [0.05, 0.1) is 11.3 Å². The van der Waals surface area contributed by atoms with E-state index in [0.717, 1.165) is 37.1 Å². The third-order valence-corrected chi connectivity index (χ3v) is 8.37. The summed E-state index contributed by atoms with van der Waals surface area (Å²) in [5.74, 6) is -0.388. The van der Waals surface area contributed by atoms with Crippen molar-refractivity contribution >= 4 is 21.7 Å². The van der Waals surface area contributed by atoms with E-state index >= 15 is 0 Å². The lowest BCUT2D eigenvalue weighted by Crippen LogP contribution is -2.52. The number of ether oxygens (including phenoxy) is 1. The van der Waals surface area contributed by atoms with E-state index in [1.807, 2.05) is 62.9 Å². The number of rotatable bonds is 10. The summed E-state index contributed by atoms with van der Waals surface area (Å²) < 4.78 is 29.1. The lowest BCUT2D eigenvalue weighted by molar-refractivity contribution is -0.162. The van der Waals surface area contributed by atoms with Crippen molar-refractivity contribution in [3.63, 3.8) is 0 Å². The Labute approximate surface area is 233 Å². The predicted octanol–water partition coefficient (Wildman–Crippen LogP) is 3.53.